The van der Waals surface area contributed by atoms with Gasteiger partial charge in [0, 0.05) is 11.4 Å². The van der Waals surface area contributed by atoms with Gasteiger partial charge in [-0.3, -0.25) is 0 Å². The maximum Gasteiger partial charge on any atom is 0.343 e. The van der Waals surface area contributed by atoms with E-state index in [1.54, 1.807) is 48.5 Å². The molecule has 0 aliphatic carbocycles. The number of ether oxygens (including phenoxy) is 1. The van der Waals surface area contributed by atoms with Crippen LogP contribution in [0.4, 0.5) is 20.6 Å². The first kappa shape index (κ1) is 17.2. The first-order valence-electron chi connectivity index (χ1n) is 7.81. The van der Waals surface area contributed by atoms with E-state index < -0.39 is 12.0 Å². The number of benzene rings is 3. The van der Waals surface area contributed by atoms with Crippen LogP contribution in [0.3, 0.4) is 0 Å². The monoisotopic (exact) mass is 350 g/mol. The van der Waals surface area contributed by atoms with Crippen LogP contribution in [-0.2, 0) is 0 Å². The van der Waals surface area contributed by atoms with Crippen molar-refractivity contribution in [1.82, 2.24) is 0 Å². The van der Waals surface area contributed by atoms with Crippen molar-refractivity contribution < 1.29 is 18.7 Å². The molecule has 0 aliphatic rings. The summed E-state index contributed by atoms with van der Waals surface area (Å²) in [6.07, 6.45) is 0. The molecule has 0 spiro atoms. The predicted octanol–water partition coefficient (Wildman–Crippen LogP) is 4.69. The number of halogens is 1. The second kappa shape index (κ2) is 7.94. The standard InChI is InChI=1S/C20H15FN2O3/c21-15-8-12-17(13-9-15)23-20(25)22-16-10-6-14(7-11-16)19(24)26-18-4-2-1-3-5-18/h1-13H,(H2,22,23,25). The Morgan fingerprint density at radius 3 is 1.85 bits per heavy atom. The van der Waals surface area contributed by atoms with Gasteiger partial charge in [0.15, 0.2) is 0 Å². The number of amides is 2. The van der Waals surface area contributed by atoms with Crippen LogP contribution in [0.15, 0.2) is 78.9 Å². The Labute approximate surface area is 149 Å². The number of urea groups is 1. The summed E-state index contributed by atoms with van der Waals surface area (Å²) in [7, 11) is 0. The van der Waals surface area contributed by atoms with E-state index in [0.717, 1.165) is 0 Å². The minimum absolute atomic E-state index is 0.360. The summed E-state index contributed by atoms with van der Waals surface area (Å²) >= 11 is 0. The van der Waals surface area contributed by atoms with Crippen LogP contribution < -0.4 is 15.4 Å². The van der Waals surface area contributed by atoms with Crippen molar-refractivity contribution in [2.24, 2.45) is 0 Å². The third kappa shape index (κ3) is 4.67. The first-order chi connectivity index (χ1) is 12.6. The van der Waals surface area contributed by atoms with Crippen molar-refractivity contribution in [1.29, 1.82) is 0 Å². The largest absolute Gasteiger partial charge is 0.423 e. The van der Waals surface area contributed by atoms with Crippen LogP contribution >= 0.6 is 0 Å². The maximum absolute atomic E-state index is 12.8. The molecule has 0 radical (unpaired) electrons. The lowest BCUT2D eigenvalue weighted by Crippen LogP contribution is -2.19. The molecule has 0 aromatic heterocycles. The first-order valence-corrected chi connectivity index (χ1v) is 7.81. The van der Waals surface area contributed by atoms with E-state index >= 15 is 0 Å². The van der Waals surface area contributed by atoms with Gasteiger partial charge in [-0.05, 0) is 60.7 Å². The van der Waals surface area contributed by atoms with E-state index in [1.807, 2.05) is 6.07 Å². The zero-order chi connectivity index (χ0) is 18.4. The predicted molar refractivity (Wildman–Crippen MR) is 96.9 cm³/mol. The van der Waals surface area contributed by atoms with E-state index in [9.17, 15) is 14.0 Å². The Morgan fingerprint density at radius 2 is 1.27 bits per heavy atom. The molecule has 2 amide bonds. The second-order valence-corrected chi connectivity index (χ2v) is 5.37. The van der Waals surface area contributed by atoms with Gasteiger partial charge in [0.1, 0.15) is 11.6 Å². The number of rotatable bonds is 4. The molecular weight excluding hydrogens is 335 g/mol. The highest BCUT2D eigenvalue weighted by Crippen LogP contribution is 2.15. The van der Waals surface area contributed by atoms with E-state index in [4.69, 9.17) is 4.74 Å². The van der Waals surface area contributed by atoms with Crippen LogP contribution in [0.1, 0.15) is 10.4 Å². The number of anilines is 2. The van der Waals surface area contributed by atoms with Crippen molar-refractivity contribution in [2.45, 2.75) is 0 Å². The van der Waals surface area contributed by atoms with E-state index in [0.29, 0.717) is 22.7 Å². The average molecular weight is 350 g/mol. The van der Waals surface area contributed by atoms with Crippen molar-refractivity contribution in [3.05, 3.63) is 90.2 Å². The molecule has 0 fully saturated rings. The molecule has 26 heavy (non-hydrogen) atoms. The van der Waals surface area contributed by atoms with Crippen molar-refractivity contribution in [3.63, 3.8) is 0 Å². The molecule has 130 valence electrons. The van der Waals surface area contributed by atoms with Crippen LogP contribution in [0, 0.1) is 5.82 Å². The van der Waals surface area contributed by atoms with Gasteiger partial charge in [0.2, 0.25) is 0 Å². The zero-order valence-electron chi connectivity index (χ0n) is 13.6. The molecule has 3 rings (SSSR count). The lowest BCUT2D eigenvalue weighted by atomic mass is 10.2. The van der Waals surface area contributed by atoms with Crippen molar-refractivity contribution >= 4 is 23.4 Å². The SMILES string of the molecule is O=C(Nc1ccc(F)cc1)Nc1ccc(C(=O)Oc2ccccc2)cc1. The van der Waals surface area contributed by atoms with Gasteiger partial charge >= 0.3 is 12.0 Å². The smallest absolute Gasteiger partial charge is 0.343 e. The molecule has 0 unspecified atom stereocenters. The summed E-state index contributed by atoms with van der Waals surface area (Å²) in [6.45, 7) is 0. The maximum atomic E-state index is 12.8. The highest BCUT2D eigenvalue weighted by atomic mass is 19.1. The number of para-hydroxylation sites is 1. The third-order valence-electron chi connectivity index (χ3n) is 3.43. The molecule has 6 heteroatoms. The number of nitrogens with one attached hydrogen (secondary N) is 2. The minimum Gasteiger partial charge on any atom is -0.423 e. The number of carbonyl (C=O) groups is 2. The molecule has 3 aromatic rings. The van der Waals surface area contributed by atoms with Crippen LogP contribution in [-0.4, -0.2) is 12.0 Å². The number of esters is 1. The van der Waals surface area contributed by atoms with Gasteiger partial charge < -0.3 is 15.4 Å². The van der Waals surface area contributed by atoms with E-state index in [-0.39, 0.29) is 5.82 Å². The lowest BCUT2D eigenvalue weighted by molar-refractivity contribution is 0.0735. The van der Waals surface area contributed by atoms with Crippen LogP contribution in [0.25, 0.3) is 0 Å². The molecule has 3 aromatic carbocycles. The topological polar surface area (TPSA) is 67.4 Å². The van der Waals surface area contributed by atoms with Gasteiger partial charge in [-0.15, -0.1) is 0 Å². The quantitative estimate of drug-likeness (QED) is 0.530. The molecule has 5 nitrogen and oxygen atoms in total. The zero-order valence-corrected chi connectivity index (χ0v) is 13.6. The van der Waals surface area contributed by atoms with E-state index in [2.05, 4.69) is 10.6 Å². The molecule has 0 aliphatic heterocycles. The number of carbonyl (C=O) groups excluding carboxylic acids is 2. The average Bonchev–Trinajstić information content (AvgIpc) is 2.65. The summed E-state index contributed by atoms with van der Waals surface area (Å²) < 4.78 is 18.1. The normalized spacial score (nSPS) is 10.0. The van der Waals surface area contributed by atoms with Gasteiger partial charge in [-0.1, -0.05) is 18.2 Å². The Morgan fingerprint density at radius 1 is 0.731 bits per heavy atom. The molecular formula is C20H15FN2O3. The van der Waals surface area contributed by atoms with Crippen LogP contribution in [0.2, 0.25) is 0 Å². The van der Waals surface area contributed by atoms with Crippen molar-refractivity contribution in [3.8, 4) is 5.75 Å². The fourth-order valence-electron chi connectivity index (χ4n) is 2.17. The second-order valence-electron chi connectivity index (χ2n) is 5.37. The number of hydrogen-bond acceptors (Lipinski definition) is 3. The fourth-order valence-corrected chi connectivity index (χ4v) is 2.17. The number of hydrogen-bond donors (Lipinski definition) is 2. The van der Waals surface area contributed by atoms with Gasteiger partial charge in [0.05, 0.1) is 5.56 Å². The molecule has 0 atom stereocenters. The molecule has 0 bridgehead atoms. The Kier molecular flexibility index (Phi) is 5.24. The molecule has 0 saturated carbocycles. The highest BCUT2D eigenvalue weighted by Gasteiger charge is 2.09. The van der Waals surface area contributed by atoms with Crippen LogP contribution in [0.5, 0.6) is 5.75 Å². The Balaban J connectivity index is 1.57. The summed E-state index contributed by atoms with van der Waals surface area (Å²) in [6, 6.07) is 20.0. The third-order valence-corrected chi connectivity index (χ3v) is 3.43. The molecule has 0 heterocycles. The van der Waals surface area contributed by atoms with Crippen molar-refractivity contribution in [2.75, 3.05) is 10.6 Å². The van der Waals surface area contributed by atoms with Gasteiger partial charge in [-0.25, -0.2) is 14.0 Å². The molecule has 2 N–H and O–H groups in total. The van der Waals surface area contributed by atoms with E-state index in [1.165, 1.54) is 24.3 Å². The lowest BCUT2D eigenvalue weighted by Gasteiger charge is -2.08. The Bertz CT molecular complexity index is 895. The molecule has 0 saturated heterocycles. The summed E-state index contributed by atoms with van der Waals surface area (Å²) in [5.41, 5.74) is 1.33. The highest BCUT2D eigenvalue weighted by molar-refractivity contribution is 6.00. The fraction of sp³-hybridized carbons (Fsp3) is 0. The Hall–Kier alpha value is -3.67. The minimum atomic E-state index is -0.487. The summed E-state index contributed by atoms with van der Waals surface area (Å²) in [5, 5.41) is 5.20. The van der Waals surface area contributed by atoms with Gasteiger partial charge in [-0.2, -0.15) is 0 Å². The summed E-state index contributed by atoms with van der Waals surface area (Å²) in [4.78, 5) is 24.0. The van der Waals surface area contributed by atoms with Gasteiger partial charge in [0.25, 0.3) is 0 Å². The summed E-state index contributed by atoms with van der Waals surface area (Å²) in [5.74, 6) is -0.411.